The smallest absolute Gasteiger partial charge is 0.255 e. The van der Waals surface area contributed by atoms with Crippen molar-refractivity contribution in [2.24, 2.45) is 0 Å². The van der Waals surface area contributed by atoms with Crippen molar-refractivity contribution in [3.05, 3.63) is 107 Å². The topological polar surface area (TPSA) is 61.4 Å². The van der Waals surface area contributed by atoms with Crippen molar-refractivity contribution in [2.45, 2.75) is 17.8 Å². The van der Waals surface area contributed by atoms with Gasteiger partial charge in [0.15, 0.2) is 5.16 Å². The minimum atomic E-state index is -0.204. The van der Waals surface area contributed by atoms with Gasteiger partial charge in [-0.15, -0.1) is 0 Å². The molecule has 1 amide bonds. The fourth-order valence-corrected chi connectivity index (χ4v) is 5.27. The zero-order chi connectivity index (χ0) is 26.5. The van der Waals surface area contributed by atoms with Crippen LogP contribution in [0.1, 0.15) is 21.5 Å². The second-order valence-corrected chi connectivity index (χ2v) is 10.4. The molecular formula is C29H27ClFN5OS. The van der Waals surface area contributed by atoms with E-state index in [0.717, 1.165) is 22.6 Å². The first-order valence-corrected chi connectivity index (χ1v) is 13.7. The Kier molecular flexibility index (Phi) is 8.10. The van der Waals surface area contributed by atoms with Crippen LogP contribution in [0.25, 0.3) is 0 Å². The predicted molar refractivity (Wildman–Crippen MR) is 153 cm³/mol. The molecule has 9 heteroatoms. The molecule has 194 valence electrons. The predicted octanol–water partition coefficient (Wildman–Crippen LogP) is 6.45. The number of rotatable bonds is 7. The number of carbonyl (C=O) groups is 1. The largest absolute Gasteiger partial charge is 0.366 e. The number of anilines is 3. The summed E-state index contributed by atoms with van der Waals surface area (Å²) in [5.74, 6) is 1.06. The van der Waals surface area contributed by atoms with E-state index in [-0.39, 0.29) is 11.7 Å². The lowest BCUT2D eigenvalue weighted by Gasteiger charge is -2.36. The van der Waals surface area contributed by atoms with E-state index in [9.17, 15) is 9.18 Å². The zero-order valence-corrected chi connectivity index (χ0v) is 22.5. The number of thioether (sulfide) groups is 1. The molecule has 1 fully saturated rings. The molecule has 0 bridgehead atoms. The zero-order valence-electron chi connectivity index (χ0n) is 20.9. The number of hydrogen-bond donors (Lipinski definition) is 1. The molecule has 1 N–H and O–H groups in total. The van der Waals surface area contributed by atoms with Crippen LogP contribution in [0.2, 0.25) is 5.15 Å². The monoisotopic (exact) mass is 547 g/mol. The number of aromatic nitrogens is 2. The van der Waals surface area contributed by atoms with Gasteiger partial charge in [-0.2, -0.15) is 0 Å². The summed E-state index contributed by atoms with van der Waals surface area (Å²) in [4.78, 5) is 25.9. The molecule has 1 saturated heterocycles. The van der Waals surface area contributed by atoms with Gasteiger partial charge in [0.1, 0.15) is 16.8 Å². The van der Waals surface area contributed by atoms with Gasteiger partial charge in [-0.3, -0.25) is 4.79 Å². The van der Waals surface area contributed by atoms with Crippen LogP contribution in [0.15, 0.2) is 84.0 Å². The van der Waals surface area contributed by atoms with Crippen molar-refractivity contribution >= 4 is 46.5 Å². The second-order valence-electron chi connectivity index (χ2n) is 9.06. The van der Waals surface area contributed by atoms with E-state index in [1.807, 2.05) is 67.6 Å². The van der Waals surface area contributed by atoms with Crippen LogP contribution in [-0.4, -0.2) is 42.1 Å². The normalized spacial score (nSPS) is 13.4. The van der Waals surface area contributed by atoms with Gasteiger partial charge < -0.3 is 15.1 Å². The first-order valence-electron chi connectivity index (χ1n) is 12.3. The van der Waals surface area contributed by atoms with Gasteiger partial charge in [0.05, 0.1) is 5.69 Å². The van der Waals surface area contributed by atoms with Crippen LogP contribution in [0.4, 0.5) is 21.6 Å². The third-order valence-electron chi connectivity index (χ3n) is 6.35. The number of nitrogens with zero attached hydrogens (tertiary/aromatic N) is 4. The summed E-state index contributed by atoms with van der Waals surface area (Å²) in [5.41, 5.74) is 4.18. The Bertz CT molecular complexity index is 1410. The molecule has 0 aliphatic carbocycles. The maximum Gasteiger partial charge on any atom is 0.255 e. The first-order chi connectivity index (χ1) is 18.4. The van der Waals surface area contributed by atoms with Crippen LogP contribution < -0.4 is 15.1 Å². The molecule has 5 rings (SSSR count). The second kappa shape index (κ2) is 11.8. The van der Waals surface area contributed by atoms with E-state index in [1.165, 1.54) is 17.8 Å². The van der Waals surface area contributed by atoms with Gasteiger partial charge in [0, 0.05) is 49.2 Å². The maximum absolute atomic E-state index is 14.2. The van der Waals surface area contributed by atoms with Crippen molar-refractivity contribution in [1.82, 2.24) is 9.97 Å². The minimum absolute atomic E-state index is 0.147. The Morgan fingerprint density at radius 3 is 2.34 bits per heavy atom. The third kappa shape index (κ3) is 6.44. The summed E-state index contributed by atoms with van der Waals surface area (Å²) in [6, 6.07) is 23.8. The number of aryl methyl sites for hydroxylation is 1. The number of halogens is 2. The lowest BCUT2D eigenvalue weighted by Crippen LogP contribution is -2.47. The van der Waals surface area contributed by atoms with Crippen LogP contribution in [0, 0.1) is 12.7 Å². The highest BCUT2D eigenvalue weighted by Crippen LogP contribution is 2.27. The van der Waals surface area contributed by atoms with Gasteiger partial charge in [0.25, 0.3) is 5.91 Å². The molecule has 4 aromatic rings. The maximum atomic E-state index is 14.2. The van der Waals surface area contributed by atoms with Crippen molar-refractivity contribution < 1.29 is 9.18 Å². The summed E-state index contributed by atoms with van der Waals surface area (Å²) >= 11 is 7.82. The molecule has 0 radical (unpaired) electrons. The molecule has 38 heavy (non-hydrogen) atoms. The van der Waals surface area contributed by atoms with Crippen molar-refractivity contribution in [3.63, 3.8) is 0 Å². The quantitative estimate of drug-likeness (QED) is 0.163. The van der Waals surface area contributed by atoms with Crippen LogP contribution >= 0.6 is 23.4 Å². The van der Waals surface area contributed by atoms with Crippen LogP contribution in [0.5, 0.6) is 0 Å². The highest BCUT2D eigenvalue weighted by molar-refractivity contribution is 7.98. The number of piperazine rings is 1. The van der Waals surface area contributed by atoms with Crippen molar-refractivity contribution in [2.75, 3.05) is 41.3 Å². The van der Waals surface area contributed by atoms with E-state index in [2.05, 4.69) is 20.1 Å². The Labute approximate surface area is 230 Å². The molecule has 3 aromatic carbocycles. The lowest BCUT2D eigenvalue weighted by molar-refractivity contribution is 0.102. The highest BCUT2D eigenvalue weighted by atomic mass is 35.5. The molecule has 0 spiro atoms. The number of hydrogen-bond acceptors (Lipinski definition) is 6. The molecule has 0 saturated carbocycles. The summed E-state index contributed by atoms with van der Waals surface area (Å²) in [5, 5.41) is 3.89. The molecule has 0 atom stereocenters. The van der Waals surface area contributed by atoms with E-state index < -0.39 is 0 Å². The summed E-state index contributed by atoms with van der Waals surface area (Å²) < 4.78 is 14.2. The molecule has 6 nitrogen and oxygen atoms in total. The number of carbonyl (C=O) groups excluding carboxylic acids is 1. The fraction of sp³-hybridized carbons (Fsp3) is 0.207. The van der Waals surface area contributed by atoms with Gasteiger partial charge in [-0.1, -0.05) is 65.3 Å². The summed E-state index contributed by atoms with van der Waals surface area (Å²) in [7, 11) is 0. The Balaban J connectivity index is 1.17. The molecule has 1 aliphatic heterocycles. The van der Waals surface area contributed by atoms with Crippen molar-refractivity contribution in [1.29, 1.82) is 0 Å². The summed E-state index contributed by atoms with van der Waals surface area (Å²) in [6.07, 6.45) is 0. The van der Waals surface area contributed by atoms with E-state index >= 15 is 0 Å². The summed E-state index contributed by atoms with van der Waals surface area (Å²) in [6.45, 7) is 4.80. The fourth-order valence-electron chi connectivity index (χ4n) is 4.24. The molecular weight excluding hydrogens is 521 g/mol. The third-order valence-corrected chi connectivity index (χ3v) is 7.46. The average Bonchev–Trinajstić information content (AvgIpc) is 2.93. The van der Waals surface area contributed by atoms with Crippen LogP contribution in [-0.2, 0) is 5.75 Å². The van der Waals surface area contributed by atoms with E-state index in [0.29, 0.717) is 53.5 Å². The molecule has 0 unspecified atom stereocenters. The average molecular weight is 548 g/mol. The standard InChI is InChI=1S/C29H27ClFN5OS/c1-20-6-12-23(13-7-20)32-28(37)22-10-8-21(9-11-22)19-38-29-33-26(30)18-27(34-29)36-16-14-35(15-17-36)25-5-3-2-4-24(25)31/h2-13,18H,14-17,19H2,1H3,(H,32,37). The number of benzene rings is 3. The molecule has 1 aromatic heterocycles. The Morgan fingerprint density at radius 2 is 1.63 bits per heavy atom. The number of para-hydroxylation sites is 1. The van der Waals surface area contributed by atoms with Gasteiger partial charge in [-0.25, -0.2) is 14.4 Å². The lowest BCUT2D eigenvalue weighted by atomic mass is 10.1. The first kappa shape index (κ1) is 26.0. The van der Waals surface area contributed by atoms with E-state index in [1.54, 1.807) is 12.1 Å². The Hall–Kier alpha value is -3.62. The van der Waals surface area contributed by atoms with Crippen molar-refractivity contribution in [3.8, 4) is 0 Å². The van der Waals surface area contributed by atoms with Crippen LogP contribution in [0.3, 0.4) is 0 Å². The highest BCUT2D eigenvalue weighted by Gasteiger charge is 2.21. The minimum Gasteiger partial charge on any atom is -0.366 e. The van der Waals surface area contributed by atoms with Gasteiger partial charge in [-0.05, 0) is 48.9 Å². The molecule has 1 aliphatic rings. The number of nitrogens with one attached hydrogen (secondary N) is 1. The molecule has 2 heterocycles. The van der Waals surface area contributed by atoms with Gasteiger partial charge in [0.2, 0.25) is 0 Å². The Morgan fingerprint density at radius 1 is 0.947 bits per heavy atom. The SMILES string of the molecule is Cc1ccc(NC(=O)c2ccc(CSc3nc(Cl)cc(N4CCN(c5ccccc5F)CC4)n3)cc2)cc1. The van der Waals surface area contributed by atoms with E-state index in [4.69, 9.17) is 16.6 Å². The van der Waals surface area contributed by atoms with Gasteiger partial charge >= 0.3 is 0 Å². The number of amides is 1.